The average molecular weight is 470 g/mol. The number of benzene rings is 2. The first-order valence-corrected chi connectivity index (χ1v) is 11.6. The Morgan fingerprint density at radius 3 is 2.79 bits per heavy atom. The molecule has 2 aliphatic rings. The second-order valence-electron chi connectivity index (χ2n) is 7.81. The Balaban J connectivity index is 1.50. The van der Waals surface area contributed by atoms with E-state index in [1.54, 1.807) is 6.07 Å². The number of fused-ring (bicyclic) bond motifs is 1. The van der Waals surface area contributed by atoms with Gasteiger partial charge in [-0.1, -0.05) is 23.9 Å². The van der Waals surface area contributed by atoms with E-state index in [4.69, 9.17) is 14.2 Å². The molecule has 0 radical (unpaired) electrons. The van der Waals surface area contributed by atoms with E-state index in [0.29, 0.717) is 35.4 Å². The highest BCUT2D eigenvalue weighted by atomic mass is 32.2. The summed E-state index contributed by atoms with van der Waals surface area (Å²) < 4.78 is 18.5. The smallest absolute Gasteiger partial charge is 0.270 e. The number of hydrogen-bond acceptors (Lipinski definition) is 9. The fourth-order valence-corrected chi connectivity index (χ4v) is 4.87. The van der Waals surface area contributed by atoms with Crippen LogP contribution in [0.15, 0.2) is 41.6 Å². The monoisotopic (exact) mass is 469 g/mol. The first-order chi connectivity index (χ1) is 16.1. The van der Waals surface area contributed by atoms with E-state index in [1.165, 1.54) is 17.8 Å². The normalized spacial score (nSPS) is 15.7. The van der Waals surface area contributed by atoms with E-state index in [1.807, 2.05) is 29.7 Å². The van der Waals surface area contributed by atoms with E-state index in [-0.39, 0.29) is 19.1 Å². The number of rotatable bonds is 6. The van der Waals surface area contributed by atoms with E-state index in [9.17, 15) is 10.1 Å². The molecule has 0 amide bonds. The molecule has 2 aromatic carbocycles. The molecule has 0 spiro atoms. The van der Waals surface area contributed by atoms with Gasteiger partial charge in [0.05, 0.1) is 30.4 Å². The van der Waals surface area contributed by atoms with Crippen LogP contribution in [0, 0.1) is 17.0 Å². The van der Waals surface area contributed by atoms with Gasteiger partial charge < -0.3 is 19.1 Å². The van der Waals surface area contributed by atoms with Gasteiger partial charge in [-0.3, -0.25) is 14.7 Å². The Morgan fingerprint density at radius 1 is 1.15 bits per heavy atom. The third-order valence-electron chi connectivity index (χ3n) is 5.51. The van der Waals surface area contributed by atoms with Crippen LogP contribution in [-0.4, -0.2) is 52.8 Å². The number of nitro groups is 1. The number of nitrogens with zero attached hydrogens (tertiary/aromatic N) is 5. The van der Waals surface area contributed by atoms with Crippen molar-refractivity contribution in [2.24, 2.45) is 0 Å². The molecule has 0 N–H and O–H groups in total. The van der Waals surface area contributed by atoms with Crippen molar-refractivity contribution in [1.82, 2.24) is 14.8 Å². The minimum Gasteiger partial charge on any atom is -0.467 e. The van der Waals surface area contributed by atoms with Crippen LogP contribution in [0.3, 0.4) is 0 Å². The molecule has 0 aliphatic carbocycles. The van der Waals surface area contributed by atoms with Gasteiger partial charge in [0.25, 0.3) is 5.69 Å². The van der Waals surface area contributed by atoms with Crippen molar-refractivity contribution in [3.8, 4) is 11.4 Å². The Hall–Kier alpha value is -3.15. The third-order valence-corrected chi connectivity index (χ3v) is 6.49. The molecule has 1 saturated heterocycles. The van der Waals surface area contributed by atoms with Crippen LogP contribution in [0.4, 0.5) is 11.6 Å². The molecule has 33 heavy (non-hydrogen) atoms. The van der Waals surface area contributed by atoms with Crippen LogP contribution in [0.2, 0.25) is 0 Å². The van der Waals surface area contributed by atoms with Crippen molar-refractivity contribution in [2.45, 2.75) is 24.4 Å². The predicted octanol–water partition coefficient (Wildman–Crippen LogP) is 3.48. The first-order valence-electron chi connectivity index (χ1n) is 10.6. The summed E-state index contributed by atoms with van der Waals surface area (Å²) in [6.45, 7) is 5.22. The Bertz CT molecular complexity index is 1180. The van der Waals surface area contributed by atoms with Crippen molar-refractivity contribution in [3.05, 3.63) is 63.2 Å². The summed E-state index contributed by atoms with van der Waals surface area (Å²) in [6, 6.07) is 11.2. The average Bonchev–Trinajstić information content (AvgIpc) is 3.27. The summed E-state index contributed by atoms with van der Waals surface area (Å²) in [5.41, 5.74) is 3.54. The lowest BCUT2D eigenvalue weighted by Gasteiger charge is -2.28. The molecular weight excluding hydrogens is 446 g/mol. The first kappa shape index (κ1) is 21.7. The largest absolute Gasteiger partial charge is 0.467 e. The molecule has 3 aromatic rings. The van der Waals surface area contributed by atoms with E-state index in [2.05, 4.69) is 21.2 Å². The fourth-order valence-electron chi connectivity index (χ4n) is 3.95. The highest BCUT2D eigenvalue weighted by molar-refractivity contribution is 7.98. The van der Waals surface area contributed by atoms with E-state index in [0.717, 1.165) is 35.9 Å². The van der Waals surface area contributed by atoms with Gasteiger partial charge in [0, 0.05) is 42.1 Å². The molecule has 0 atom stereocenters. The number of aryl methyl sites for hydroxylation is 1. The van der Waals surface area contributed by atoms with Crippen LogP contribution < -0.4 is 9.64 Å². The summed E-state index contributed by atoms with van der Waals surface area (Å²) in [6.07, 6.45) is 0. The molecular formula is C22H23N5O5S. The van der Waals surface area contributed by atoms with Gasteiger partial charge in [-0.05, 0) is 24.6 Å². The van der Waals surface area contributed by atoms with Crippen LogP contribution in [0.25, 0.3) is 5.69 Å². The standard InChI is InChI=1S/C22H23N5O5S/c1-15-3-2-4-18(9-15)26-21(25-5-7-30-8-6-25)23-24-22(26)33-13-17-11-19(27(28)29)10-16-12-31-14-32-20(16)17/h2-4,9-11H,5-8,12-14H2,1H3. The maximum absolute atomic E-state index is 11.4. The molecule has 11 heteroatoms. The highest BCUT2D eigenvalue weighted by Crippen LogP contribution is 2.37. The predicted molar refractivity (Wildman–Crippen MR) is 122 cm³/mol. The summed E-state index contributed by atoms with van der Waals surface area (Å²) >= 11 is 1.47. The number of anilines is 1. The van der Waals surface area contributed by atoms with Crippen molar-refractivity contribution >= 4 is 23.4 Å². The SMILES string of the molecule is Cc1cccc(-n2c(SCc3cc([N+](=O)[O-])cc4c3OCOC4)nnc2N2CCOCC2)c1. The summed E-state index contributed by atoms with van der Waals surface area (Å²) in [4.78, 5) is 13.2. The Morgan fingerprint density at radius 2 is 2.00 bits per heavy atom. The number of nitro benzene ring substituents is 1. The molecule has 1 fully saturated rings. The van der Waals surface area contributed by atoms with Gasteiger partial charge in [-0.25, -0.2) is 0 Å². The van der Waals surface area contributed by atoms with E-state index >= 15 is 0 Å². The second kappa shape index (κ2) is 9.38. The molecule has 5 rings (SSSR count). The molecule has 10 nitrogen and oxygen atoms in total. The molecule has 0 bridgehead atoms. The maximum atomic E-state index is 11.4. The van der Waals surface area contributed by atoms with Crippen LogP contribution in [0.1, 0.15) is 16.7 Å². The number of morpholine rings is 1. The van der Waals surface area contributed by atoms with Crippen LogP contribution in [0.5, 0.6) is 5.75 Å². The van der Waals surface area contributed by atoms with Crippen molar-refractivity contribution < 1.29 is 19.1 Å². The van der Waals surface area contributed by atoms with Gasteiger partial charge in [0.1, 0.15) is 5.75 Å². The Kier molecular flexibility index (Phi) is 6.16. The summed E-state index contributed by atoms with van der Waals surface area (Å²) in [5, 5.41) is 21.1. The van der Waals surface area contributed by atoms with E-state index < -0.39 is 4.92 Å². The minimum absolute atomic E-state index is 0.0209. The maximum Gasteiger partial charge on any atom is 0.270 e. The topological polar surface area (TPSA) is 105 Å². The summed E-state index contributed by atoms with van der Waals surface area (Å²) in [5.74, 6) is 1.85. The van der Waals surface area contributed by atoms with Gasteiger partial charge in [-0.2, -0.15) is 0 Å². The van der Waals surface area contributed by atoms with Gasteiger partial charge in [-0.15, -0.1) is 10.2 Å². The number of aromatic nitrogens is 3. The molecule has 172 valence electrons. The Labute approximate surface area is 194 Å². The van der Waals surface area contributed by atoms with Crippen molar-refractivity contribution in [3.63, 3.8) is 0 Å². The van der Waals surface area contributed by atoms with Crippen molar-refractivity contribution in [2.75, 3.05) is 38.0 Å². The lowest BCUT2D eigenvalue weighted by molar-refractivity contribution is -0.385. The van der Waals surface area contributed by atoms with Crippen molar-refractivity contribution in [1.29, 1.82) is 0 Å². The fraction of sp³-hybridized carbons (Fsp3) is 0.364. The quantitative estimate of drug-likeness (QED) is 0.305. The summed E-state index contributed by atoms with van der Waals surface area (Å²) in [7, 11) is 0. The lowest BCUT2D eigenvalue weighted by atomic mass is 10.1. The molecule has 3 heterocycles. The molecule has 0 saturated carbocycles. The number of ether oxygens (including phenoxy) is 3. The zero-order chi connectivity index (χ0) is 22.8. The third kappa shape index (κ3) is 4.52. The number of non-ortho nitro benzene ring substituents is 1. The molecule has 0 unspecified atom stereocenters. The van der Waals surface area contributed by atoms with Crippen LogP contribution >= 0.6 is 11.8 Å². The number of thioether (sulfide) groups is 1. The van der Waals surface area contributed by atoms with Gasteiger partial charge in [0.2, 0.25) is 5.95 Å². The van der Waals surface area contributed by atoms with Gasteiger partial charge >= 0.3 is 0 Å². The minimum atomic E-state index is -0.394. The lowest BCUT2D eigenvalue weighted by Crippen LogP contribution is -2.37. The van der Waals surface area contributed by atoms with Crippen LogP contribution in [-0.2, 0) is 21.8 Å². The molecule has 2 aliphatic heterocycles. The highest BCUT2D eigenvalue weighted by Gasteiger charge is 2.24. The van der Waals surface area contributed by atoms with Gasteiger partial charge in [0.15, 0.2) is 11.9 Å². The number of hydrogen-bond donors (Lipinski definition) is 0. The zero-order valence-electron chi connectivity index (χ0n) is 18.1. The second-order valence-corrected chi connectivity index (χ2v) is 8.75. The zero-order valence-corrected chi connectivity index (χ0v) is 18.9. The molecule has 1 aromatic heterocycles.